The Hall–Kier alpha value is -1.55. The number of nitrogens with two attached hydrogens (primary N) is 1. The van der Waals surface area contributed by atoms with Gasteiger partial charge < -0.3 is 16.0 Å². The van der Waals surface area contributed by atoms with Crippen molar-refractivity contribution < 1.29 is 4.79 Å². The molecule has 1 aromatic carbocycles. The van der Waals surface area contributed by atoms with E-state index in [0.29, 0.717) is 18.7 Å². The van der Waals surface area contributed by atoms with Gasteiger partial charge in [-0.3, -0.25) is 4.79 Å². The first-order chi connectivity index (χ1) is 8.15. The third kappa shape index (κ3) is 4.44. The van der Waals surface area contributed by atoms with E-state index in [4.69, 9.17) is 5.73 Å². The van der Waals surface area contributed by atoms with Gasteiger partial charge in [0.05, 0.1) is 0 Å². The minimum Gasteiger partial charge on any atom is -0.378 e. The second kappa shape index (κ2) is 6.91. The fourth-order valence-corrected chi connectivity index (χ4v) is 1.50. The highest BCUT2D eigenvalue weighted by Gasteiger charge is 2.05. The van der Waals surface area contributed by atoms with Gasteiger partial charge in [-0.05, 0) is 37.6 Å². The molecule has 1 aromatic rings. The molecule has 0 saturated carbocycles. The molecule has 0 fully saturated rings. The molecular weight excluding hydrogens is 214 g/mol. The standard InChI is InChI=1S/C13H21N3O/c1-16(2)12-7-5-6-11(10-12)13(17)15-9-4-3-8-14/h5-7,10H,3-4,8-9,14H2,1-2H3,(H,15,17). The number of hydrogen-bond donors (Lipinski definition) is 2. The Morgan fingerprint density at radius 2 is 2.12 bits per heavy atom. The molecule has 0 saturated heterocycles. The van der Waals surface area contributed by atoms with Gasteiger partial charge in [0.2, 0.25) is 0 Å². The van der Waals surface area contributed by atoms with Crippen LogP contribution >= 0.6 is 0 Å². The lowest BCUT2D eigenvalue weighted by Gasteiger charge is -2.13. The van der Waals surface area contributed by atoms with Crippen LogP contribution in [0.15, 0.2) is 24.3 Å². The number of hydrogen-bond acceptors (Lipinski definition) is 3. The molecule has 0 radical (unpaired) electrons. The van der Waals surface area contributed by atoms with Crippen molar-refractivity contribution in [3.8, 4) is 0 Å². The monoisotopic (exact) mass is 235 g/mol. The van der Waals surface area contributed by atoms with Crippen LogP contribution in [0, 0.1) is 0 Å². The summed E-state index contributed by atoms with van der Waals surface area (Å²) in [4.78, 5) is 13.8. The van der Waals surface area contributed by atoms with E-state index in [1.54, 1.807) is 0 Å². The molecule has 0 heterocycles. The molecule has 0 unspecified atom stereocenters. The number of carbonyl (C=O) groups excluding carboxylic acids is 1. The quantitative estimate of drug-likeness (QED) is 0.729. The number of nitrogens with one attached hydrogen (secondary N) is 1. The average Bonchev–Trinajstić information content (AvgIpc) is 2.34. The van der Waals surface area contributed by atoms with E-state index in [1.165, 1.54) is 0 Å². The lowest BCUT2D eigenvalue weighted by Crippen LogP contribution is -2.25. The fourth-order valence-electron chi connectivity index (χ4n) is 1.50. The zero-order chi connectivity index (χ0) is 12.7. The number of carbonyl (C=O) groups is 1. The van der Waals surface area contributed by atoms with Gasteiger partial charge in [0.1, 0.15) is 0 Å². The zero-order valence-corrected chi connectivity index (χ0v) is 10.6. The number of amides is 1. The molecule has 0 aliphatic carbocycles. The Morgan fingerprint density at radius 1 is 1.35 bits per heavy atom. The molecule has 1 rings (SSSR count). The molecule has 0 aliphatic rings. The molecule has 0 spiro atoms. The molecule has 1 amide bonds. The van der Waals surface area contributed by atoms with Gasteiger partial charge in [0.25, 0.3) is 5.91 Å². The summed E-state index contributed by atoms with van der Waals surface area (Å²) in [5.41, 5.74) is 7.12. The second-order valence-corrected chi connectivity index (χ2v) is 4.20. The zero-order valence-electron chi connectivity index (χ0n) is 10.6. The van der Waals surface area contributed by atoms with Gasteiger partial charge in [-0.25, -0.2) is 0 Å². The van der Waals surface area contributed by atoms with Gasteiger partial charge >= 0.3 is 0 Å². The maximum atomic E-state index is 11.8. The number of nitrogens with zero attached hydrogens (tertiary/aromatic N) is 1. The van der Waals surface area contributed by atoms with Crippen molar-refractivity contribution in [3.63, 3.8) is 0 Å². The van der Waals surface area contributed by atoms with Crippen molar-refractivity contribution in [1.29, 1.82) is 0 Å². The predicted molar refractivity (Wildman–Crippen MR) is 71.4 cm³/mol. The van der Waals surface area contributed by atoms with Crippen LogP contribution in [0.25, 0.3) is 0 Å². The molecule has 4 heteroatoms. The van der Waals surface area contributed by atoms with Gasteiger partial charge in [-0.15, -0.1) is 0 Å². The van der Waals surface area contributed by atoms with Gasteiger partial charge in [-0.2, -0.15) is 0 Å². The molecule has 17 heavy (non-hydrogen) atoms. The Labute approximate surface area is 103 Å². The minimum absolute atomic E-state index is 0.0225. The summed E-state index contributed by atoms with van der Waals surface area (Å²) >= 11 is 0. The van der Waals surface area contributed by atoms with Crippen molar-refractivity contribution in [1.82, 2.24) is 5.32 Å². The van der Waals surface area contributed by atoms with Crippen molar-refractivity contribution in [2.75, 3.05) is 32.1 Å². The van der Waals surface area contributed by atoms with E-state index in [-0.39, 0.29) is 5.91 Å². The first-order valence-electron chi connectivity index (χ1n) is 5.91. The van der Waals surface area contributed by atoms with Gasteiger partial charge in [0.15, 0.2) is 0 Å². The predicted octanol–water partition coefficient (Wildman–Crippen LogP) is 1.22. The Kier molecular flexibility index (Phi) is 5.49. The van der Waals surface area contributed by atoms with E-state index >= 15 is 0 Å². The first-order valence-corrected chi connectivity index (χ1v) is 5.91. The summed E-state index contributed by atoms with van der Waals surface area (Å²) in [6.07, 6.45) is 1.87. The summed E-state index contributed by atoms with van der Waals surface area (Å²) in [5.74, 6) is -0.0225. The molecule has 0 aromatic heterocycles. The Bertz CT molecular complexity index is 363. The smallest absolute Gasteiger partial charge is 0.251 e. The van der Waals surface area contributed by atoms with Gasteiger partial charge in [0, 0.05) is 31.9 Å². The summed E-state index contributed by atoms with van der Waals surface area (Å²) in [7, 11) is 3.91. The maximum absolute atomic E-state index is 11.8. The van der Waals surface area contributed by atoms with Crippen molar-refractivity contribution in [3.05, 3.63) is 29.8 Å². The van der Waals surface area contributed by atoms with Crippen molar-refractivity contribution in [2.24, 2.45) is 5.73 Å². The Balaban J connectivity index is 2.53. The molecular formula is C13H21N3O. The summed E-state index contributed by atoms with van der Waals surface area (Å²) in [6, 6.07) is 7.58. The topological polar surface area (TPSA) is 58.4 Å². The van der Waals surface area contributed by atoms with E-state index in [1.807, 2.05) is 43.3 Å². The molecule has 0 atom stereocenters. The van der Waals surface area contributed by atoms with Crippen LogP contribution < -0.4 is 16.0 Å². The van der Waals surface area contributed by atoms with Gasteiger partial charge in [-0.1, -0.05) is 6.07 Å². The average molecular weight is 235 g/mol. The minimum atomic E-state index is -0.0225. The highest BCUT2D eigenvalue weighted by atomic mass is 16.1. The van der Waals surface area contributed by atoms with Crippen LogP contribution in [0.5, 0.6) is 0 Å². The molecule has 0 aliphatic heterocycles. The number of rotatable bonds is 6. The normalized spacial score (nSPS) is 10.1. The highest BCUT2D eigenvalue weighted by molar-refractivity contribution is 5.95. The SMILES string of the molecule is CN(C)c1cccc(C(=O)NCCCCN)c1. The van der Waals surface area contributed by atoms with Crippen LogP contribution in [0.2, 0.25) is 0 Å². The van der Waals surface area contributed by atoms with E-state index in [2.05, 4.69) is 5.32 Å². The summed E-state index contributed by atoms with van der Waals surface area (Å²) < 4.78 is 0. The number of anilines is 1. The fraction of sp³-hybridized carbons (Fsp3) is 0.462. The van der Waals surface area contributed by atoms with E-state index in [0.717, 1.165) is 18.5 Å². The third-order valence-corrected chi connectivity index (χ3v) is 2.54. The number of benzene rings is 1. The van der Waals surface area contributed by atoms with Crippen LogP contribution in [-0.2, 0) is 0 Å². The van der Waals surface area contributed by atoms with Crippen LogP contribution in [0.1, 0.15) is 23.2 Å². The van der Waals surface area contributed by atoms with E-state index < -0.39 is 0 Å². The molecule has 4 nitrogen and oxygen atoms in total. The lowest BCUT2D eigenvalue weighted by molar-refractivity contribution is 0.0953. The molecule has 94 valence electrons. The van der Waals surface area contributed by atoms with Crippen LogP contribution in [-0.4, -0.2) is 33.1 Å². The summed E-state index contributed by atoms with van der Waals surface area (Å²) in [5, 5.41) is 2.89. The molecule has 0 bridgehead atoms. The highest BCUT2D eigenvalue weighted by Crippen LogP contribution is 2.13. The van der Waals surface area contributed by atoms with E-state index in [9.17, 15) is 4.79 Å². The largest absolute Gasteiger partial charge is 0.378 e. The third-order valence-electron chi connectivity index (χ3n) is 2.54. The lowest BCUT2D eigenvalue weighted by atomic mass is 10.2. The van der Waals surface area contributed by atoms with Crippen molar-refractivity contribution in [2.45, 2.75) is 12.8 Å². The first kappa shape index (κ1) is 13.5. The molecule has 3 N–H and O–H groups in total. The second-order valence-electron chi connectivity index (χ2n) is 4.20. The number of unbranched alkanes of at least 4 members (excludes halogenated alkanes) is 1. The Morgan fingerprint density at radius 3 is 2.76 bits per heavy atom. The summed E-state index contributed by atoms with van der Waals surface area (Å²) in [6.45, 7) is 1.36. The van der Waals surface area contributed by atoms with Crippen LogP contribution in [0.4, 0.5) is 5.69 Å². The van der Waals surface area contributed by atoms with Crippen LogP contribution in [0.3, 0.4) is 0 Å². The van der Waals surface area contributed by atoms with Crippen molar-refractivity contribution >= 4 is 11.6 Å². The maximum Gasteiger partial charge on any atom is 0.251 e.